The molecule has 0 aliphatic carbocycles. The van der Waals surface area contributed by atoms with Gasteiger partial charge in [0.1, 0.15) is 11.3 Å². The molecule has 28 heavy (non-hydrogen) atoms. The van der Waals surface area contributed by atoms with E-state index in [0.29, 0.717) is 17.8 Å². The summed E-state index contributed by atoms with van der Waals surface area (Å²) in [6.45, 7) is 5.42. The van der Waals surface area contributed by atoms with Gasteiger partial charge in [0.05, 0.1) is 12.0 Å². The fourth-order valence-electron chi connectivity index (χ4n) is 2.94. The predicted octanol–water partition coefficient (Wildman–Crippen LogP) is 1.94. The van der Waals surface area contributed by atoms with Crippen LogP contribution in [-0.4, -0.2) is 24.0 Å². The number of hydrogen-bond acceptors (Lipinski definition) is 6. The van der Waals surface area contributed by atoms with Crippen molar-refractivity contribution in [2.75, 3.05) is 0 Å². The Kier molecular flexibility index (Phi) is 7.61. The van der Waals surface area contributed by atoms with E-state index in [1.807, 2.05) is 6.92 Å². The quantitative estimate of drug-likeness (QED) is 0.623. The Bertz CT molecular complexity index is 888. The number of ether oxygens (including phenoxy) is 1. The molecule has 0 saturated carbocycles. The van der Waals surface area contributed by atoms with Crippen LogP contribution in [0.2, 0.25) is 0 Å². The minimum atomic E-state index is -1.32. The highest BCUT2D eigenvalue weighted by Crippen LogP contribution is 2.24. The number of aryl methyl sites for hydroxylation is 1. The van der Waals surface area contributed by atoms with Crippen LogP contribution in [0.4, 0.5) is 0 Å². The van der Waals surface area contributed by atoms with Gasteiger partial charge >= 0.3 is 5.63 Å². The maximum atomic E-state index is 12.2. The molecule has 2 atom stereocenters. The molecule has 0 fully saturated rings. The average Bonchev–Trinajstić information content (AvgIpc) is 2.65. The van der Waals surface area contributed by atoms with Crippen LogP contribution < -0.4 is 20.8 Å². The van der Waals surface area contributed by atoms with E-state index in [-0.39, 0.29) is 6.42 Å². The van der Waals surface area contributed by atoms with Crippen molar-refractivity contribution in [1.82, 2.24) is 5.32 Å². The fourth-order valence-corrected chi connectivity index (χ4v) is 2.94. The zero-order valence-electron chi connectivity index (χ0n) is 16.4. The summed E-state index contributed by atoms with van der Waals surface area (Å²) in [5, 5.41) is 14.3. The topological polar surface area (TPSA) is 109 Å². The Morgan fingerprint density at radius 3 is 2.61 bits per heavy atom. The van der Waals surface area contributed by atoms with Crippen molar-refractivity contribution in [1.29, 1.82) is 0 Å². The molecule has 7 heteroatoms. The van der Waals surface area contributed by atoms with Crippen molar-refractivity contribution < 1.29 is 23.8 Å². The van der Waals surface area contributed by atoms with Crippen LogP contribution in [-0.2, 0) is 16.0 Å². The summed E-state index contributed by atoms with van der Waals surface area (Å²) >= 11 is 0. The van der Waals surface area contributed by atoms with Crippen molar-refractivity contribution in [3.63, 3.8) is 0 Å². The highest BCUT2D eigenvalue weighted by atomic mass is 16.5. The second-order valence-corrected chi connectivity index (χ2v) is 6.78. The maximum Gasteiger partial charge on any atom is 0.336 e. The zero-order chi connectivity index (χ0) is 20.7. The van der Waals surface area contributed by atoms with Gasteiger partial charge in [0.25, 0.3) is 5.91 Å². The lowest BCUT2D eigenvalue weighted by atomic mass is 10.0. The second kappa shape index (κ2) is 9.92. The summed E-state index contributed by atoms with van der Waals surface area (Å²) in [6.07, 6.45) is 2.71. The number of aliphatic carboxylic acids is 1. The highest BCUT2D eigenvalue weighted by molar-refractivity contribution is 5.86. The number of amides is 1. The van der Waals surface area contributed by atoms with Crippen LogP contribution >= 0.6 is 0 Å². The van der Waals surface area contributed by atoms with Gasteiger partial charge in [0.15, 0.2) is 6.10 Å². The summed E-state index contributed by atoms with van der Waals surface area (Å²) in [5.41, 5.74) is 0.877. The molecule has 0 aliphatic rings. The first-order chi connectivity index (χ1) is 13.3. The maximum absolute atomic E-state index is 12.2. The normalized spacial score (nSPS) is 13.1. The number of nitrogens with one attached hydrogen (secondary N) is 1. The zero-order valence-corrected chi connectivity index (χ0v) is 16.4. The SMILES string of the molecule is CCCCc1cc(=O)oc2cc(O[C@H](C)C(=O)N[C@@H](CCC)C(=O)[O-])ccc12. The van der Waals surface area contributed by atoms with Gasteiger partial charge in [-0.2, -0.15) is 0 Å². The predicted molar refractivity (Wildman–Crippen MR) is 103 cm³/mol. The molecule has 0 radical (unpaired) electrons. The van der Waals surface area contributed by atoms with Crippen molar-refractivity contribution in [3.05, 3.63) is 40.2 Å². The number of carboxylic acids is 1. The molecule has 0 saturated heterocycles. The average molecular weight is 388 g/mol. The van der Waals surface area contributed by atoms with Crippen molar-refractivity contribution in [3.8, 4) is 5.75 Å². The van der Waals surface area contributed by atoms with Crippen molar-refractivity contribution in [2.24, 2.45) is 0 Å². The summed E-state index contributed by atoms with van der Waals surface area (Å²) < 4.78 is 10.9. The summed E-state index contributed by atoms with van der Waals surface area (Å²) in [5.74, 6) is -1.53. The molecule has 0 aliphatic heterocycles. The molecule has 0 unspecified atom stereocenters. The monoisotopic (exact) mass is 388 g/mol. The summed E-state index contributed by atoms with van der Waals surface area (Å²) in [7, 11) is 0. The number of carbonyl (C=O) groups is 2. The van der Waals surface area contributed by atoms with Gasteiger partial charge < -0.3 is 24.4 Å². The molecule has 1 aromatic heterocycles. The highest BCUT2D eigenvalue weighted by Gasteiger charge is 2.20. The molecule has 1 amide bonds. The van der Waals surface area contributed by atoms with Gasteiger partial charge in [-0.1, -0.05) is 26.7 Å². The number of carboxylic acid groups (broad SMARTS) is 1. The number of carbonyl (C=O) groups excluding carboxylic acids is 2. The Balaban J connectivity index is 2.16. The van der Waals surface area contributed by atoms with E-state index in [0.717, 1.165) is 30.2 Å². The van der Waals surface area contributed by atoms with E-state index >= 15 is 0 Å². The van der Waals surface area contributed by atoms with E-state index < -0.39 is 29.6 Å². The molecule has 152 valence electrons. The number of fused-ring (bicyclic) bond motifs is 1. The van der Waals surface area contributed by atoms with Crippen LogP contribution in [0.1, 0.15) is 52.0 Å². The van der Waals surface area contributed by atoms with Crippen LogP contribution in [0, 0.1) is 0 Å². The van der Waals surface area contributed by atoms with E-state index in [9.17, 15) is 19.5 Å². The molecular formula is C21H26NO6-. The molecule has 0 spiro atoms. The fraction of sp³-hybridized carbons (Fsp3) is 0.476. The van der Waals surface area contributed by atoms with Crippen LogP contribution in [0.5, 0.6) is 5.75 Å². The van der Waals surface area contributed by atoms with E-state index in [1.54, 1.807) is 18.2 Å². The number of rotatable bonds is 10. The molecule has 7 nitrogen and oxygen atoms in total. The molecule has 1 aromatic carbocycles. The minimum absolute atomic E-state index is 0.280. The Hall–Kier alpha value is -2.83. The Labute approximate surface area is 163 Å². The van der Waals surface area contributed by atoms with E-state index in [4.69, 9.17) is 9.15 Å². The third-order valence-electron chi connectivity index (χ3n) is 4.46. The Morgan fingerprint density at radius 2 is 1.96 bits per heavy atom. The second-order valence-electron chi connectivity index (χ2n) is 6.78. The van der Waals surface area contributed by atoms with Crippen LogP contribution in [0.15, 0.2) is 33.5 Å². The third-order valence-corrected chi connectivity index (χ3v) is 4.46. The van der Waals surface area contributed by atoms with Gasteiger partial charge in [0.2, 0.25) is 0 Å². The van der Waals surface area contributed by atoms with Gasteiger partial charge in [-0.25, -0.2) is 4.79 Å². The number of hydrogen-bond donors (Lipinski definition) is 1. The number of benzene rings is 1. The van der Waals surface area contributed by atoms with Crippen molar-refractivity contribution >= 4 is 22.8 Å². The standard InChI is InChI=1S/C21H27NO6/c1-4-6-8-14-11-19(23)28-18-12-15(9-10-16(14)18)27-13(3)20(24)22-17(7-5-2)21(25)26/h9-13,17H,4-8H2,1-3H3,(H,22,24)(H,25,26)/p-1/t13-,17+/m1/s1. The van der Waals surface area contributed by atoms with Gasteiger partial charge in [-0.3, -0.25) is 4.79 Å². The van der Waals surface area contributed by atoms with E-state index in [2.05, 4.69) is 12.2 Å². The van der Waals surface area contributed by atoms with Gasteiger partial charge in [-0.05, 0) is 43.9 Å². The molecule has 2 rings (SSSR count). The summed E-state index contributed by atoms with van der Waals surface area (Å²) in [4.78, 5) is 35.1. The first-order valence-corrected chi connectivity index (χ1v) is 9.60. The van der Waals surface area contributed by atoms with Crippen molar-refractivity contribution in [2.45, 2.75) is 65.0 Å². The van der Waals surface area contributed by atoms with Gasteiger partial charge in [0, 0.05) is 17.5 Å². The first-order valence-electron chi connectivity index (χ1n) is 9.60. The molecule has 1 heterocycles. The lowest BCUT2D eigenvalue weighted by molar-refractivity contribution is -0.308. The molecule has 1 N–H and O–H groups in total. The molecular weight excluding hydrogens is 362 g/mol. The first kappa shape index (κ1) is 21.5. The van der Waals surface area contributed by atoms with Crippen LogP contribution in [0.25, 0.3) is 11.0 Å². The van der Waals surface area contributed by atoms with Gasteiger partial charge in [-0.15, -0.1) is 0 Å². The minimum Gasteiger partial charge on any atom is -0.548 e. The third kappa shape index (κ3) is 5.58. The molecule has 0 bridgehead atoms. The summed E-state index contributed by atoms with van der Waals surface area (Å²) in [6, 6.07) is 5.51. The lowest BCUT2D eigenvalue weighted by Gasteiger charge is -2.22. The molecule has 2 aromatic rings. The van der Waals surface area contributed by atoms with E-state index in [1.165, 1.54) is 13.0 Å². The van der Waals surface area contributed by atoms with Crippen LogP contribution in [0.3, 0.4) is 0 Å². The lowest BCUT2D eigenvalue weighted by Crippen LogP contribution is -2.51. The smallest absolute Gasteiger partial charge is 0.336 e. The largest absolute Gasteiger partial charge is 0.548 e. The Morgan fingerprint density at radius 1 is 1.21 bits per heavy atom. The number of unbranched alkanes of at least 4 members (excludes halogenated alkanes) is 1.